The summed E-state index contributed by atoms with van der Waals surface area (Å²) in [6, 6.07) is 15.9. The van der Waals surface area contributed by atoms with E-state index in [1.807, 2.05) is 41.3 Å². The summed E-state index contributed by atoms with van der Waals surface area (Å²) in [5.74, 6) is 1.46. The van der Waals surface area contributed by atoms with Crippen LogP contribution in [0.1, 0.15) is 31.2 Å². The first-order chi connectivity index (χ1) is 15.1. The van der Waals surface area contributed by atoms with E-state index in [1.54, 1.807) is 0 Å². The van der Waals surface area contributed by atoms with Crippen LogP contribution in [0, 0.1) is 5.92 Å². The maximum atomic E-state index is 13.3. The molecule has 0 spiro atoms. The normalized spacial score (nSPS) is 19.5. The molecule has 6 nitrogen and oxygen atoms in total. The number of hydrogen-bond acceptors (Lipinski definition) is 5. The predicted octanol–water partition coefficient (Wildman–Crippen LogP) is 4.58. The highest BCUT2D eigenvalue weighted by Crippen LogP contribution is 2.34. The van der Waals surface area contributed by atoms with Crippen molar-refractivity contribution >= 4 is 23.2 Å². The van der Waals surface area contributed by atoms with E-state index in [9.17, 15) is 4.79 Å². The number of benzene rings is 2. The van der Waals surface area contributed by atoms with Gasteiger partial charge in [0.1, 0.15) is 0 Å². The topological polar surface area (TPSA) is 62.5 Å². The minimum absolute atomic E-state index is 0.0644. The first kappa shape index (κ1) is 20.2. The van der Waals surface area contributed by atoms with Crippen molar-refractivity contribution in [2.24, 2.45) is 5.92 Å². The van der Waals surface area contributed by atoms with Gasteiger partial charge in [-0.1, -0.05) is 47.1 Å². The van der Waals surface area contributed by atoms with Gasteiger partial charge in [-0.15, -0.1) is 0 Å². The number of hydrogen-bond donors (Lipinski definition) is 0. The Hall–Kier alpha value is -2.70. The molecule has 1 aromatic heterocycles. The molecule has 3 aromatic rings. The van der Waals surface area contributed by atoms with Gasteiger partial charge in [0.05, 0.1) is 6.54 Å². The molecular formula is C24H25ClN4O2. The van der Waals surface area contributed by atoms with Crippen LogP contribution in [0.4, 0.5) is 5.69 Å². The summed E-state index contributed by atoms with van der Waals surface area (Å²) in [6.45, 7) is 4.42. The summed E-state index contributed by atoms with van der Waals surface area (Å²) in [6.07, 6.45) is 2.63. The number of carbonyl (C=O) groups excluding carboxylic acids is 1. The molecule has 0 N–H and O–H groups in total. The fourth-order valence-electron chi connectivity index (χ4n) is 4.69. The van der Waals surface area contributed by atoms with Crippen molar-refractivity contribution in [3.05, 3.63) is 65.0 Å². The first-order valence-corrected chi connectivity index (χ1v) is 11.2. The van der Waals surface area contributed by atoms with Crippen molar-refractivity contribution < 1.29 is 9.32 Å². The van der Waals surface area contributed by atoms with Crippen LogP contribution in [-0.4, -0.2) is 40.1 Å². The molecule has 31 heavy (non-hydrogen) atoms. The molecule has 5 rings (SSSR count). The number of piperidine rings is 1. The van der Waals surface area contributed by atoms with Crippen LogP contribution in [0.3, 0.4) is 0 Å². The molecule has 2 aromatic carbocycles. The average Bonchev–Trinajstić information content (AvgIpc) is 3.37. The van der Waals surface area contributed by atoms with Gasteiger partial charge in [0.15, 0.2) is 0 Å². The van der Waals surface area contributed by atoms with E-state index in [0.29, 0.717) is 23.3 Å². The number of carbonyl (C=O) groups is 1. The maximum Gasteiger partial charge on any atom is 0.241 e. The summed E-state index contributed by atoms with van der Waals surface area (Å²) in [5.41, 5.74) is 3.20. The van der Waals surface area contributed by atoms with Crippen LogP contribution in [0.2, 0.25) is 5.02 Å². The number of anilines is 1. The van der Waals surface area contributed by atoms with Crippen molar-refractivity contribution in [1.29, 1.82) is 0 Å². The number of aromatic nitrogens is 2. The molecule has 160 valence electrons. The molecular weight excluding hydrogens is 412 g/mol. The SMILES string of the molecule is CC1Cc2ccccc2N1C(=O)C1CCN(Cc2nc(-c3cccc(Cl)c3)no2)CC1. The van der Waals surface area contributed by atoms with Crippen LogP contribution in [0.5, 0.6) is 0 Å². The largest absolute Gasteiger partial charge is 0.338 e. The molecule has 2 aliphatic heterocycles. The minimum Gasteiger partial charge on any atom is -0.338 e. The summed E-state index contributed by atoms with van der Waals surface area (Å²) in [7, 11) is 0. The summed E-state index contributed by atoms with van der Waals surface area (Å²) < 4.78 is 5.45. The molecule has 2 aliphatic rings. The standard InChI is InChI=1S/C24H25ClN4O2/c1-16-13-18-5-2-3-8-21(18)29(16)24(30)17-9-11-28(12-10-17)15-22-26-23(27-31-22)19-6-4-7-20(25)14-19/h2-8,14,16-17H,9-13,15H2,1H3. The van der Waals surface area contributed by atoms with Gasteiger partial charge >= 0.3 is 0 Å². The van der Waals surface area contributed by atoms with Crippen LogP contribution in [0.15, 0.2) is 53.1 Å². The van der Waals surface area contributed by atoms with E-state index < -0.39 is 0 Å². The van der Waals surface area contributed by atoms with Crippen molar-refractivity contribution in [3.63, 3.8) is 0 Å². The number of para-hydroxylation sites is 1. The van der Waals surface area contributed by atoms with E-state index in [2.05, 4.69) is 34.1 Å². The van der Waals surface area contributed by atoms with Gasteiger partial charge in [-0.2, -0.15) is 4.98 Å². The van der Waals surface area contributed by atoms with Gasteiger partial charge in [0.25, 0.3) is 0 Å². The Labute approximate surface area is 186 Å². The van der Waals surface area contributed by atoms with Gasteiger partial charge < -0.3 is 9.42 Å². The lowest BCUT2D eigenvalue weighted by atomic mass is 9.95. The monoisotopic (exact) mass is 436 g/mol. The molecule has 1 amide bonds. The van der Waals surface area contributed by atoms with Crippen molar-refractivity contribution in [3.8, 4) is 11.4 Å². The second-order valence-electron chi connectivity index (χ2n) is 8.46. The highest BCUT2D eigenvalue weighted by atomic mass is 35.5. The Morgan fingerprint density at radius 2 is 1.97 bits per heavy atom. The van der Waals surface area contributed by atoms with Gasteiger partial charge in [0, 0.05) is 28.2 Å². The van der Waals surface area contributed by atoms with E-state index in [-0.39, 0.29) is 17.9 Å². The lowest BCUT2D eigenvalue weighted by Crippen LogP contribution is -2.44. The number of rotatable bonds is 4. The fraction of sp³-hybridized carbons (Fsp3) is 0.375. The predicted molar refractivity (Wildman–Crippen MR) is 120 cm³/mol. The Bertz CT molecular complexity index is 1090. The number of fused-ring (bicyclic) bond motifs is 1. The molecule has 1 unspecified atom stereocenters. The number of halogens is 1. The maximum absolute atomic E-state index is 13.3. The second kappa shape index (κ2) is 8.44. The highest BCUT2D eigenvalue weighted by molar-refractivity contribution is 6.30. The Kier molecular flexibility index (Phi) is 5.50. The van der Waals surface area contributed by atoms with E-state index in [0.717, 1.165) is 43.6 Å². The molecule has 0 aliphatic carbocycles. The van der Waals surface area contributed by atoms with Gasteiger partial charge in [-0.3, -0.25) is 9.69 Å². The molecule has 1 atom stereocenters. The Morgan fingerprint density at radius 1 is 1.16 bits per heavy atom. The Morgan fingerprint density at radius 3 is 2.77 bits per heavy atom. The third-order valence-electron chi connectivity index (χ3n) is 6.29. The third kappa shape index (κ3) is 4.10. The zero-order valence-corrected chi connectivity index (χ0v) is 18.3. The molecule has 0 bridgehead atoms. The van der Waals surface area contributed by atoms with Crippen LogP contribution < -0.4 is 4.90 Å². The van der Waals surface area contributed by atoms with Crippen LogP contribution in [0.25, 0.3) is 11.4 Å². The van der Waals surface area contributed by atoms with Crippen molar-refractivity contribution in [1.82, 2.24) is 15.0 Å². The quantitative estimate of drug-likeness (QED) is 0.599. The minimum atomic E-state index is 0.0644. The fourth-order valence-corrected chi connectivity index (χ4v) is 4.88. The molecule has 0 saturated carbocycles. The lowest BCUT2D eigenvalue weighted by Gasteiger charge is -2.34. The van der Waals surface area contributed by atoms with Gasteiger partial charge in [-0.25, -0.2) is 0 Å². The summed E-state index contributed by atoms with van der Waals surface area (Å²) >= 11 is 6.05. The molecule has 1 fully saturated rings. The lowest BCUT2D eigenvalue weighted by molar-refractivity contribution is -0.124. The third-order valence-corrected chi connectivity index (χ3v) is 6.53. The summed E-state index contributed by atoms with van der Waals surface area (Å²) in [5, 5.41) is 4.73. The zero-order chi connectivity index (χ0) is 21.4. The van der Waals surface area contributed by atoms with Gasteiger partial charge in [0.2, 0.25) is 17.6 Å². The molecule has 3 heterocycles. The van der Waals surface area contributed by atoms with Crippen LogP contribution in [-0.2, 0) is 17.8 Å². The summed E-state index contributed by atoms with van der Waals surface area (Å²) in [4.78, 5) is 22.1. The molecule has 0 radical (unpaired) electrons. The zero-order valence-electron chi connectivity index (χ0n) is 17.5. The van der Waals surface area contributed by atoms with Crippen LogP contribution >= 0.6 is 11.6 Å². The number of nitrogens with zero attached hydrogens (tertiary/aromatic N) is 4. The highest BCUT2D eigenvalue weighted by Gasteiger charge is 2.36. The van der Waals surface area contributed by atoms with Crippen molar-refractivity contribution in [2.45, 2.75) is 38.8 Å². The first-order valence-electron chi connectivity index (χ1n) is 10.8. The average molecular weight is 437 g/mol. The smallest absolute Gasteiger partial charge is 0.241 e. The van der Waals surface area contributed by atoms with Crippen molar-refractivity contribution in [2.75, 3.05) is 18.0 Å². The van der Waals surface area contributed by atoms with Gasteiger partial charge in [-0.05, 0) is 63.0 Å². The van der Waals surface area contributed by atoms with E-state index >= 15 is 0 Å². The molecule has 1 saturated heterocycles. The Balaban J connectivity index is 1.19. The molecule has 7 heteroatoms. The van der Waals surface area contributed by atoms with E-state index in [4.69, 9.17) is 16.1 Å². The number of amides is 1. The second-order valence-corrected chi connectivity index (χ2v) is 8.90. The number of likely N-dealkylation sites (tertiary alicyclic amines) is 1. The van der Waals surface area contributed by atoms with E-state index in [1.165, 1.54) is 5.56 Å².